The number of nitrogen functional groups attached to an aromatic ring is 1. The third-order valence-corrected chi connectivity index (χ3v) is 3.84. The Kier molecular flexibility index (Phi) is 4.57. The van der Waals surface area contributed by atoms with Crippen LogP contribution in [0.4, 0.5) is 5.82 Å². The largest absolute Gasteiger partial charge is 0.412 e. The van der Waals surface area contributed by atoms with E-state index in [2.05, 4.69) is 36.1 Å². The van der Waals surface area contributed by atoms with Crippen molar-refractivity contribution in [2.24, 2.45) is 0 Å². The molecule has 0 saturated carbocycles. The molecular weight excluding hydrogens is 302 g/mol. The number of aromatic nitrogens is 3. The van der Waals surface area contributed by atoms with Gasteiger partial charge in [-0.2, -0.15) is 4.73 Å². The van der Waals surface area contributed by atoms with Crippen molar-refractivity contribution < 1.29 is 4.84 Å². The highest BCUT2D eigenvalue weighted by molar-refractivity contribution is 6.06. The molecule has 2 aromatic heterocycles. The first-order valence-electron chi connectivity index (χ1n) is 8.35. The molecule has 0 fully saturated rings. The summed E-state index contributed by atoms with van der Waals surface area (Å²) >= 11 is 0. The number of rotatable bonds is 6. The molecule has 0 aliphatic carbocycles. The Balaban J connectivity index is 1.69. The molecule has 0 aliphatic heterocycles. The van der Waals surface area contributed by atoms with Gasteiger partial charge in [-0.1, -0.05) is 18.2 Å². The summed E-state index contributed by atoms with van der Waals surface area (Å²) in [7, 11) is 0. The molecule has 2 heterocycles. The van der Waals surface area contributed by atoms with Gasteiger partial charge >= 0.3 is 0 Å². The van der Waals surface area contributed by atoms with E-state index in [1.165, 1.54) is 0 Å². The zero-order valence-electron chi connectivity index (χ0n) is 14.5. The molecule has 0 amide bonds. The zero-order chi connectivity index (χ0) is 17.2. The third kappa shape index (κ3) is 3.59. The Hall–Kier alpha value is -2.34. The number of benzene rings is 1. The lowest BCUT2D eigenvalue weighted by Crippen LogP contribution is -2.36. The summed E-state index contributed by atoms with van der Waals surface area (Å²) in [4.78, 5) is 14.7. The SMILES string of the molecule is CC(C)(C)NCCCCOn1cnc2c(N)nc3ccccc3c21. The van der Waals surface area contributed by atoms with Crippen LogP contribution in [0, 0.1) is 0 Å². The number of para-hydroxylation sites is 1. The second-order valence-corrected chi connectivity index (χ2v) is 7.00. The average molecular weight is 327 g/mol. The molecule has 6 nitrogen and oxygen atoms in total. The van der Waals surface area contributed by atoms with Gasteiger partial charge in [0.2, 0.25) is 0 Å². The van der Waals surface area contributed by atoms with Crippen molar-refractivity contribution >= 4 is 27.8 Å². The van der Waals surface area contributed by atoms with E-state index in [0.717, 1.165) is 35.8 Å². The van der Waals surface area contributed by atoms with Crippen LogP contribution in [0.25, 0.3) is 21.9 Å². The normalized spacial score (nSPS) is 12.1. The van der Waals surface area contributed by atoms with Crippen LogP contribution in [0.5, 0.6) is 0 Å². The van der Waals surface area contributed by atoms with Crippen LogP contribution in [-0.4, -0.2) is 33.4 Å². The molecule has 3 rings (SSSR count). The van der Waals surface area contributed by atoms with Gasteiger partial charge in [-0.3, -0.25) is 0 Å². The summed E-state index contributed by atoms with van der Waals surface area (Å²) in [5.41, 5.74) is 8.59. The van der Waals surface area contributed by atoms with Gasteiger partial charge < -0.3 is 15.9 Å². The molecule has 6 heteroatoms. The highest BCUT2D eigenvalue weighted by Gasteiger charge is 2.13. The Morgan fingerprint density at radius 1 is 1.21 bits per heavy atom. The third-order valence-electron chi connectivity index (χ3n) is 3.84. The predicted molar refractivity (Wildman–Crippen MR) is 97.9 cm³/mol. The van der Waals surface area contributed by atoms with Crippen LogP contribution >= 0.6 is 0 Å². The van der Waals surface area contributed by atoms with Gasteiger partial charge in [0, 0.05) is 10.9 Å². The fourth-order valence-corrected chi connectivity index (χ4v) is 2.67. The number of hydrogen-bond donors (Lipinski definition) is 2. The van der Waals surface area contributed by atoms with Gasteiger partial charge in [-0.15, -0.1) is 0 Å². The van der Waals surface area contributed by atoms with Crippen molar-refractivity contribution in [3.8, 4) is 0 Å². The number of nitrogens with zero attached hydrogens (tertiary/aromatic N) is 3. The topological polar surface area (TPSA) is 78.0 Å². The summed E-state index contributed by atoms with van der Waals surface area (Å²) in [6, 6.07) is 7.89. The Labute approximate surface area is 142 Å². The number of nitrogens with one attached hydrogen (secondary N) is 1. The maximum absolute atomic E-state index is 6.02. The van der Waals surface area contributed by atoms with E-state index in [1.54, 1.807) is 11.1 Å². The van der Waals surface area contributed by atoms with Gasteiger partial charge in [0.15, 0.2) is 5.82 Å². The second-order valence-electron chi connectivity index (χ2n) is 7.00. The van der Waals surface area contributed by atoms with E-state index >= 15 is 0 Å². The molecule has 0 unspecified atom stereocenters. The summed E-state index contributed by atoms with van der Waals surface area (Å²) in [6.45, 7) is 8.13. The first-order valence-corrected chi connectivity index (χ1v) is 8.35. The lowest BCUT2D eigenvalue weighted by atomic mass is 10.1. The van der Waals surface area contributed by atoms with Crippen LogP contribution in [0.15, 0.2) is 30.6 Å². The van der Waals surface area contributed by atoms with Crippen LogP contribution in [-0.2, 0) is 0 Å². The van der Waals surface area contributed by atoms with Crippen molar-refractivity contribution in [2.45, 2.75) is 39.2 Å². The average Bonchev–Trinajstić information content (AvgIpc) is 2.95. The van der Waals surface area contributed by atoms with Gasteiger partial charge in [0.25, 0.3) is 0 Å². The molecule has 0 atom stereocenters. The second kappa shape index (κ2) is 6.65. The standard InChI is InChI=1S/C18H25N5O/c1-18(2,3)21-10-6-7-11-24-23-12-20-15-16(23)13-8-4-5-9-14(13)22-17(15)19/h4-5,8-9,12,21H,6-7,10-11H2,1-3H3,(H2,19,22). The minimum atomic E-state index is 0.158. The van der Waals surface area contributed by atoms with Crippen LogP contribution in [0.1, 0.15) is 33.6 Å². The van der Waals surface area contributed by atoms with Gasteiger partial charge in [-0.05, 0) is 46.2 Å². The summed E-state index contributed by atoms with van der Waals surface area (Å²) in [5, 5.41) is 4.47. The molecule has 128 valence electrons. The fraction of sp³-hybridized carbons (Fsp3) is 0.444. The summed E-state index contributed by atoms with van der Waals surface area (Å²) < 4.78 is 1.72. The molecule has 0 radical (unpaired) electrons. The van der Waals surface area contributed by atoms with E-state index in [1.807, 2.05) is 24.3 Å². The first kappa shape index (κ1) is 16.5. The predicted octanol–water partition coefficient (Wildman–Crippen LogP) is 2.76. The Morgan fingerprint density at radius 2 is 2.00 bits per heavy atom. The number of pyridine rings is 1. The number of nitrogens with two attached hydrogens (primary N) is 1. The minimum Gasteiger partial charge on any atom is -0.412 e. The van der Waals surface area contributed by atoms with Gasteiger partial charge in [-0.25, -0.2) is 9.97 Å². The van der Waals surface area contributed by atoms with E-state index in [9.17, 15) is 0 Å². The highest BCUT2D eigenvalue weighted by atomic mass is 16.7. The molecule has 24 heavy (non-hydrogen) atoms. The monoisotopic (exact) mass is 327 g/mol. The summed E-state index contributed by atoms with van der Waals surface area (Å²) in [5.74, 6) is 0.431. The minimum absolute atomic E-state index is 0.158. The van der Waals surface area contributed by atoms with Gasteiger partial charge in [0.05, 0.1) is 5.52 Å². The molecule has 0 bridgehead atoms. The maximum atomic E-state index is 6.02. The Bertz CT molecular complexity index is 834. The van der Waals surface area contributed by atoms with E-state index in [4.69, 9.17) is 10.6 Å². The molecule has 3 N–H and O–H groups in total. The molecular formula is C18H25N5O. The Morgan fingerprint density at radius 3 is 2.79 bits per heavy atom. The smallest absolute Gasteiger partial charge is 0.152 e. The van der Waals surface area contributed by atoms with Crippen molar-refractivity contribution in [2.75, 3.05) is 18.9 Å². The quantitative estimate of drug-likeness (QED) is 0.681. The lowest BCUT2D eigenvalue weighted by molar-refractivity contribution is 0.115. The number of hydrogen-bond acceptors (Lipinski definition) is 5. The fourth-order valence-electron chi connectivity index (χ4n) is 2.67. The number of unbranched alkanes of at least 4 members (excludes halogenated alkanes) is 1. The first-order chi connectivity index (χ1) is 11.5. The number of fused-ring (bicyclic) bond motifs is 3. The van der Waals surface area contributed by atoms with Gasteiger partial charge in [0.1, 0.15) is 24.0 Å². The lowest BCUT2D eigenvalue weighted by Gasteiger charge is -2.20. The number of imidazole rings is 1. The summed E-state index contributed by atoms with van der Waals surface area (Å²) in [6.07, 6.45) is 3.71. The highest BCUT2D eigenvalue weighted by Crippen LogP contribution is 2.26. The van der Waals surface area contributed by atoms with Crippen molar-refractivity contribution in [1.29, 1.82) is 0 Å². The molecule has 0 saturated heterocycles. The van der Waals surface area contributed by atoms with Crippen LogP contribution < -0.4 is 15.9 Å². The van der Waals surface area contributed by atoms with Crippen molar-refractivity contribution in [1.82, 2.24) is 20.0 Å². The zero-order valence-corrected chi connectivity index (χ0v) is 14.5. The number of anilines is 1. The van der Waals surface area contributed by atoms with E-state index in [-0.39, 0.29) is 5.54 Å². The molecule has 0 aliphatic rings. The molecule has 1 aromatic carbocycles. The van der Waals surface area contributed by atoms with E-state index < -0.39 is 0 Å². The molecule has 3 aromatic rings. The molecule has 0 spiro atoms. The maximum Gasteiger partial charge on any atom is 0.152 e. The van der Waals surface area contributed by atoms with Crippen LogP contribution in [0.3, 0.4) is 0 Å². The van der Waals surface area contributed by atoms with E-state index in [0.29, 0.717) is 17.9 Å². The van der Waals surface area contributed by atoms with Crippen LogP contribution in [0.2, 0.25) is 0 Å². The van der Waals surface area contributed by atoms with Crippen molar-refractivity contribution in [3.05, 3.63) is 30.6 Å². The van der Waals surface area contributed by atoms with Crippen molar-refractivity contribution in [3.63, 3.8) is 0 Å².